The molecule has 1 aliphatic rings. The normalized spacial score (nSPS) is 24.2. The molecule has 1 heterocycles. The van der Waals surface area contributed by atoms with Crippen LogP contribution in [0.5, 0.6) is 0 Å². The smallest absolute Gasteiger partial charge is 0.000600 e. The molecule has 1 rings (SSSR count). The van der Waals surface area contributed by atoms with Gasteiger partial charge >= 0.3 is 0 Å². The van der Waals surface area contributed by atoms with Gasteiger partial charge < -0.3 is 10.2 Å². The van der Waals surface area contributed by atoms with Crippen molar-refractivity contribution in [3.8, 4) is 0 Å². The van der Waals surface area contributed by atoms with E-state index in [-0.39, 0.29) is 0 Å². The van der Waals surface area contributed by atoms with Crippen LogP contribution in [0.1, 0.15) is 26.7 Å². The van der Waals surface area contributed by atoms with Crippen LogP contribution in [0, 0.1) is 5.41 Å². The zero-order chi connectivity index (χ0) is 9.03. The average molecular weight is 170 g/mol. The summed E-state index contributed by atoms with van der Waals surface area (Å²) in [7, 11) is 2.22. The maximum absolute atomic E-state index is 3.45. The second-order valence-corrected chi connectivity index (χ2v) is 4.39. The maximum atomic E-state index is 3.45. The van der Waals surface area contributed by atoms with Crippen molar-refractivity contribution < 1.29 is 0 Å². The molecule has 0 aromatic carbocycles. The zero-order valence-corrected chi connectivity index (χ0v) is 8.69. The molecule has 0 aromatic heterocycles. The van der Waals surface area contributed by atoms with Gasteiger partial charge in [0.1, 0.15) is 0 Å². The third-order valence-corrected chi connectivity index (χ3v) is 3.00. The largest absolute Gasteiger partial charge is 0.316 e. The summed E-state index contributed by atoms with van der Waals surface area (Å²) in [5, 5.41) is 3.45. The summed E-state index contributed by atoms with van der Waals surface area (Å²) < 4.78 is 0. The summed E-state index contributed by atoms with van der Waals surface area (Å²) in [4.78, 5) is 2.42. The minimum atomic E-state index is 0.558. The lowest BCUT2D eigenvalue weighted by Gasteiger charge is -2.38. The van der Waals surface area contributed by atoms with Gasteiger partial charge in [-0.05, 0) is 44.9 Å². The summed E-state index contributed by atoms with van der Waals surface area (Å²) in [6.45, 7) is 9.41. The second-order valence-electron chi connectivity index (χ2n) is 4.39. The number of piperidine rings is 1. The Bertz CT molecular complexity index is 120. The highest BCUT2D eigenvalue weighted by atomic mass is 15.1. The fraction of sp³-hybridized carbons (Fsp3) is 1.00. The van der Waals surface area contributed by atoms with Crippen LogP contribution in [0.25, 0.3) is 0 Å². The van der Waals surface area contributed by atoms with Gasteiger partial charge in [0, 0.05) is 6.54 Å². The van der Waals surface area contributed by atoms with Gasteiger partial charge in [-0.1, -0.05) is 13.8 Å². The average Bonchev–Trinajstić information content (AvgIpc) is 2.08. The van der Waals surface area contributed by atoms with Crippen LogP contribution in [0.3, 0.4) is 0 Å². The van der Waals surface area contributed by atoms with Crippen LogP contribution in [0.2, 0.25) is 0 Å². The highest BCUT2D eigenvalue weighted by Gasteiger charge is 2.27. The van der Waals surface area contributed by atoms with Crippen LogP contribution >= 0.6 is 0 Å². The summed E-state index contributed by atoms with van der Waals surface area (Å²) in [6, 6.07) is 0. The Morgan fingerprint density at radius 3 is 2.42 bits per heavy atom. The first-order valence-corrected chi connectivity index (χ1v) is 5.05. The molecular weight excluding hydrogens is 148 g/mol. The number of nitrogens with one attached hydrogen (secondary N) is 1. The Balaban J connectivity index is 2.29. The van der Waals surface area contributed by atoms with Crippen molar-refractivity contribution >= 4 is 0 Å². The minimum absolute atomic E-state index is 0.558. The van der Waals surface area contributed by atoms with Gasteiger partial charge in [-0.2, -0.15) is 0 Å². The Labute approximate surface area is 76.3 Å². The van der Waals surface area contributed by atoms with E-state index in [1.807, 2.05) is 0 Å². The van der Waals surface area contributed by atoms with Gasteiger partial charge in [0.15, 0.2) is 0 Å². The Hall–Kier alpha value is -0.0800. The van der Waals surface area contributed by atoms with Crippen molar-refractivity contribution in [3.05, 3.63) is 0 Å². The van der Waals surface area contributed by atoms with Gasteiger partial charge in [-0.25, -0.2) is 0 Å². The van der Waals surface area contributed by atoms with Crippen molar-refractivity contribution in [1.29, 1.82) is 0 Å². The zero-order valence-electron chi connectivity index (χ0n) is 8.69. The first-order valence-electron chi connectivity index (χ1n) is 5.05. The Morgan fingerprint density at radius 2 is 1.92 bits per heavy atom. The van der Waals surface area contributed by atoms with E-state index in [9.17, 15) is 0 Å². The quantitative estimate of drug-likeness (QED) is 0.687. The molecule has 1 aliphatic heterocycles. The van der Waals surface area contributed by atoms with E-state index in [1.165, 1.54) is 32.5 Å². The highest BCUT2D eigenvalue weighted by Crippen LogP contribution is 2.29. The van der Waals surface area contributed by atoms with E-state index in [1.54, 1.807) is 0 Å². The molecular formula is C10H22N2. The van der Waals surface area contributed by atoms with E-state index in [0.717, 1.165) is 6.54 Å². The van der Waals surface area contributed by atoms with E-state index in [4.69, 9.17) is 0 Å². The fourth-order valence-electron chi connectivity index (χ4n) is 1.76. The summed E-state index contributed by atoms with van der Waals surface area (Å²) >= 11 is 0. The molecule has 0 saturated carbocycles. The van der Waals surface area contributed by atoms with Gasteiger partial charge in [0.2, 0.25) is 0 Å². The molecule has 0 bridgehead atoms. The molecule has 0 unspecified atom stereocenters. The van der Waals surface area contributed by atoms with E-state index >= 15 is 0 Å². The summed E-state index contributed by atoms with van der Waals surface area (Å²) in [5.41, 5.74) is 0.558. The monoisotopic (exact) mass is 170 g/mol. The lowest BCUT2D eigenvalue weighted by Crippen LogP contribution is -2.41. The standard InChI is InChI=1S/C10H22N2/c1-4-11-9-10(2)5-7-12(3)8-6-10/h11H,4-9H2,1-3H3. The molecule has 2 heteroatoms. The van der Waals surface area contributed by atoms with E-state index in [0.29, 0.717) is 5.41 Å². The predicted octanol–water partition coefficient (Wildman–Crippen LogP) is 1.33. The topological polar surface area (TPSA) is 15.3 Å². The predicted molar refractivity (Wildman–Crippen MR) is 53.4 cm³/mol. The SMILES string of the molecule is CCNCC1(C)CCN(C)CC1. The molecule has 0 spiro atoms. The molecule has 0 atom stereocenters. The maximum Gasteiger partial charge on any atom is 0.000600 e. The first kappa shape index (κ1) is 10.0. The molecule has 0 radical (unpaired) electrons. The Morgan fingerprint density at radius 1 is 1.33 bits per heavy atom. The molecule has 1 N–H and O–H groups in total. The van der Waals surface area contributed by atoms with Crippen molar-refractivity contribution in [1.82, 2.24) is 10.2 Å². The number of nitrogens with zero attached hydrogens (tertiary/aromatic N) is 1. The lowest BCUT2D eigenvalue weighted by atomic mass is 9.80. The second kappa shape index (κ2) is 4.24. The van der Waals surface area contributed by atoms with Gasteiger partial charge in [-0.15, -0.1) is 0 Å². The summed E-state index contributed by atoms with van der Waals surface area (Å²) in [6.07, 6.45) is 2.69. The van der Waals surface area contributed by atoms with Crippen LogP contribution in [0.15, 0.2) is 0 Å². The molecule has 1 saturated heterocycles. The fourth-order valence-corrected chi connectivity index (χ4v) is 1.76. The molecule has 2 nitrogen and oxygen atoms in total. The highest BCUT2D eigenvalue weighted by molar-refractivity contribution is 4.82. The first-order chi connectivity index (χ1) is 5.66. The number of hydrogen-bond acceptors (Lipinski definition) is 2. The van der Waals surface area contributed by atoms with Crippen LogP contribution in [0.4, 0.5) is 0 Å². The van der Waals surface area contributed by atoms with Gasteiger partial charge in [0.05, 0.1) is 0 Å². The number of likely N-dealkylation sites (tertiary alicyclic amines) is 1. The third-order valence-electron chi connectivity index (χ3n) is 3.00. The number of hydrogen-bond donors (Lipinski definition) is 1. The van der Waals surface area contributed by atoms with E-state index < -0.39 is 0 Å². The van der Waals surface area contributed by atoms with Crippen LogP contribution in [-0.4, -0.2) is 38.1 Å². The molecule has 1 fully saturated rings. The third kappa shape index (κ3) is 2.76. The van der Waals surface area contributed by atoms with E-state index in [2.05, 4.69) is 31.1 Å². The van der Waals surface area contributed by atoms with Crippen LogP contribution in [-0.2, 0) is 0 Å². The number of rotatable bonds is 3. The van der Waals surface area contributed by atoms with Crippen molar-refractivity contribution in [3.63, 3.8) is 0 Å². The molecule has 72 valence electrons. The van der Waals surface area contributed by atoms with Crippen molar-refractivity contribution in [2.75, 3.05) is 33.2 Å². The van der Waals surface area contributed by atoms with Crippen molar-refractivity contribution in [2.45, 2.75) is 26.7 Å². The van der Waals surface area contributed by atoms with Crippen molar-refractivity contribution in [2.24, 2.45) is 5.41 Å². The van der Waals surface area contributed by atoms with Crippen LogP contribution < -0.4 is 5.32 Å². The van der Waals surface area contributed by atoms with Gasteiger partial charge in [-0.3, -0.25) is 0 Å². The summed E-state index contributed by atoms with van der Waals surface area (Å²) in [5.74, 6) is 0. The Kier molecular flexibility index (Phi) is 3.53. The molecule has 12 heavy (non-hydrogen) atoms. The van der Waals surface area contributed by atoms with Gasteiger partial charge in [0.25, 0.3) is 0 Å². The molecule has 0 amide bonds. The molecule has 0 aliphatic carbocycles. The minimum Gasteiger partial charge on any atom is -0.316 e. The lowest BCUT2D eigenvalue weighted by molar-refractivity contribution is 0.138. The molecule has 0 aromatic rings.